The van der Waals surface area contributed by atoms with Crippen molar-refractivity contribution < 1.29 is 9.59 Å². The number of likely N-dealkylation sites (N-methyl/N-ethyl adjacent to an activating group) is 1. The van der Waals surface area contributed by atoms with Gasteiger partial charge in [-0.1, -0.05) is 18.2 Å². The highest BCUT2D eigenvalue weighted by Crippen LogP contribution is 2.29. The van der Waals surface area contributed by atoms with Crippen LogP contribution in [0.4, 0.5) is 0 Å². The van der Waals surface area contributed by atoms with Gasteiger partial charge in [0.2, 0.25) is 5.91 Å². The fraction of sp³-hybridized carbons (Fsp3) is 0.381. The van der Waals surface area contributed by atoms with Crippen LogP contribution in [0.2, 0.25) is 0 Å². The number of fused-ring (bicyclic) bond motifs is 2. The molecule has 2 aromatic heterocycles. The van der Waals surface area contributed by atoms with Crippen LogP contribution in [0.3, 0.4) is 0 Å². The molecular formula is C21H25N5O2. The van der Waals surface area contributed by atoms with Crippen molar-refractivity contribution in [2.45, 2.75) is 25.9 Å². The molecule has 1 aromatic carbocycles. The lowest BCUT2D eigenvalue weighted by atomic mass is 10.1. The first-order valence-corrected chi connectivity index (χ1v) is 9.48. The van der Waals surface area contributed by atoms with Crippen molar-refractivity contribution in [1.29, 1.82) is 0 Å². The molecule has 7 nitrogen and oxygen atoms in total. The Hall–Kier alpha value is -3.09. The third-order valence-electron chi connectivity index (χ3n) is 5.50. The van der Waals surface area contributed by atoms with Crippen molar-refractivity contribution in [3.8, 4) is 0 Å². The summed E-state index contributed by atoms with van der Waals surface area (Å²) in [5.41, 5.74) is 2.51. The zero-order valence-corrected chi connectivity index (χ0v) is 16.7. The van der Waals surface area contributed by atoms with Gasteiger partial charge in [0.05, 0.1) is 23.7 Å². The molecule has 2 amide bonds. The van der Waals surface area contributed by atoms with Crippen LogP contribution < -0.4 is 0 Å². The van der Waals surface area contributed by atoms with Gasteiger partial charge < -0.3 is 18.9 Å². The standard InChI is InChI=1S/C21H25N5O2/c1-14-20-22-15(11-19(27)23(2)3)12-25(20)9-10-26(14)21(28)17-13-24(4)18-8-6-5-7-16(17)18/h5-8,12-14H,9-11H2,1-4H3/t14-/m0/s1. The van der Waals surface area contributed by atoms with Crippen molar-refractivity contribution in [1.82, 2.24) is 23.9 Å². The number of hydrogen-bond donors (Lipinski definition) is 0. The molecule has 0 N–H and O–H groups in total. The maximum Gasteiger partial charge on any atom is 0.256 e. The summed E-state index contributed by atoms with van der Waals surface area (Å²) in [4.78, 5) is 33.4. The van der Waals surface area contributed by atoms with E-state index in [1.54, 1.807) is 19.0 Å². The van der Waals surface area contributed by atoms with E-state index in [1.165, 1.54) is 0 Å². The van der Waals surface area contributed by atoms with Crippen molar-refractivity contribution in [3.63, 3.8) is 0 Å². The molecule has 0 fully saturated rings. The number of aryl methyl sites for hydroxylation is 1. The number of hydrogen-bond acceptors (Lipinski definition) is 3. The molecule has 0 saturated carbocycles. The van der Waals surface area contributed by atoms with Crippen LogP contribution in [0.15, 0.2) is 36.7 Å². The molecule has 0 radical (unpaired) electrons. The molecule has 0 saturated heterocycles. The summed E-state index contributed by atoms with van der Waals surface area (Å²) < 4.78 is 4.05. The summed E-state index contributed by atoms with van der Waals surface area (Å²) in [6, 6.07) is 7.80. The number of imidazole rings is 1. The fourth-order valence-corrected chi connectivity index (χ4v) is 3.89. The third kappa shape index (κ3) is 2.96. The lowest BCUT2D eigenvalue weighted by Crippen LogP contribution is -2.41. The minimum absolute atomic E-state index is 0.0180. The molecule has 0 unspecified atom stereocenters. The number of aromatic nitrogens is 3. The van der Waals surface area contributed by atoms with Gasteiger partial charge in [0.15, 0.2) is 0 Å². The highest BCUT2D eigenvalue weighted by Gasteiger charge is 2.31. The average molecular weight is 379 g/mol. The molecule has 0 bridgehead atoms. The summed E-state index contributed by atoms with van der Waals surface area (Å²) in [7, 11) is 5.44. The van der Waals surface area contributed by atoms with E-state index in [0.717, 1.165) is 22.4 Å². The van der Waals surface area contributed by atoms with Crippen molar-refractivity contribution >= 4 is 22.7 Å². The summed E-state index contributed by atoms with van der Waals surface area (Å²) in [6.45, 7) is 3.30. The third-order valence-corrected chi connectivity index (χ3v) is 5.50. The molecule has 146 valence electrons. The molecular weight excluding hydrogens is 354 g/mol. The minimum Gasteiger partial charge on any atom is -0.350 e. The largest absolute Gasteiger partial charge is 0.350 e. The van der Waals surface area contributed by atoms with E-state index in [4.69, 9.17) is 0 Å². The molecule has 1 atom stereocenters. The molecule has 28 heavy (non-hydrogen) atoms. The molecule has 3 heterocycles. The van der Waals surface area contributed by atoms with Crippen LogP contribution >= 0.6 is 0 Å². The van der Waals surface area contributed by atoms with Gasteiger partial charge in [-0.25, -0.2) is 4.98 Å². The Morgan fingerprint density at radius 3 is 2.68 bits per heavy atom. The Bertz CT molecular complexity index is 1060. The smallest absolute Gasteiger partial charge is 0.256 e. The van der Waals surface area contributed by atoms with E-state index < -0.39 is 0 Å². The highest BCUT2D eigenvalue weighted by atomic mass is 16.2. The molecule has 1 aliphatic heterocycles. The maximum atomic E-state index is 13.3. The van der Waals surface area contributed by atoms with Crippen LogP contribution in [0.25, 0.3) is 10.9 Å². The Morgan fingerprint density at radius 2 is 1.93 bits per heavy atom. The zero-order chi connectivity index (χ0) is 20.0. The number of amides is 2. The van der Waals surface area contributed by atoms with Crippen LogP contribution in [0.5, 0.6) is 0 Å². The molecule has 0 aliphatic carbocycles. The van der Waals surface area contributed by atoms with Gasteiger partial charge in [0, 0.05) is 57.5 Å². The zero-order valence-electron chi connectivity index (χ0n) is 16.7. The monoisotopic (exact) mass is 379 g/mol. The topological polar surface area (TPSA) is 63.4 Å². The van der Waals surface area contributed by atoms with Crippen LogP contribution in [0.1, 0.15) is 34.8 Å². The van der Waals surface area contributed by atoms with E-state index in [-0.39, 0.29) is 24.3 Å². The summed E-state index contributed by atoms with van der Waals surface area (Å²) in [6.07, 6.45) is 4.12. The number of para-hydroxylation sites is 1. The van der Waals surface area contributed by atoms with Gasteiger partial charge in [-0.2, -0.15) is 0 Å². The Labute approximate surface area is 164 Å². The van der Waals surface area contributed by atoms with Crippen molar-refractivity contribution in [2.24, 2.45) is 7.05 Å². The van der Waals surface area contributed by atoms with E-state index in [9.17, 15) is 9.59 Å². The molecule has 4 rings (SSSR count). The SMILES string of the molecule is C[C@H]1c2nc(CC(=O)N(C)C)cn2CCN1C(=O)c1cn(C)c2ccccc12. The van der Waals surface area contributed by atoms with E-state index in [2.05, 4.69) is 9.55 Å². The number of benzene rings is 1. The normalized spacial score (nSPS) is 16.3. The second kappa shape index (κ2) is 6.82. The predicted octanol–water partition coefficient (Wildman–Crippen LogP) is 2.22. The first-order chi connectivity index (χ1) is 13.4. The van der Waals surface area contributed by atoms with Gasteiger partial charge in [-0.15, -0.1) is 0 Å². The van der Waals surface area contributed by atoms with Crippen LogP contribution in [0, 0.1) is 0 Å². The molecule has 3 aromatic rings. The lowest BCUT2D eigenvalue weighted by molar-refractivity contribution is -0.128. The van der Waals surface area contributed by atoms with Crippen LogP contribution in [-0.2, 0) is 24.8 Å². The molecule has 7 heteroatoms. The first-order valence-electron chi connectivity index (χ1n) is 9.48. The number of rotatable bonds is 3. The van der Waals surface area contributed by atoms with Crippen LogP contribution in [-0.4, -0.2) is 56.4 Å². The quantitative estimate of drug-likeness (QED) is 0.701. The molecule has 0 spiro atoms. The van der Waals surface area contributed by atoms with Crippen molar-refractivity contribution in [3.05, 3.63) is 53.7 Å². The Kier molecular flexibility index (Phi) is 4.45. The number of carbonyl (C=O) groups is 2. The Morgan fingerprint density at radius 1 is 1.18 bits per heavy atom. The highest BCUT2D eigenvalue weighted by molar-refractivity contribution is 6.07. The lowest BCUT2D eigenvalue weighted by Gasteiger charge is -2.33. The minimum atomic E-state index is -0.150. The summed E-state index contributed by atoms with van der Waals surface area (Å²) in [5, 5.41) is 0.966. The van der Waals surface area contributed by atoms with Gasteiger partial charge in [-0.3, -0.25) is 9.59 Å². The fourth-order valence-electron chi connectivity index (χ4n) is 3.89. The summed E-state index contributed by atoms with van der Waals surface area (Å²) in [5.74, 6) is 0.873. The number of carbonyl (C=O) groups excluding carboxylic acids is 2. The second-order valence-electron chi connectivity index (χ2n) is 7.59. The van der Waals surface area contributed by atoms with E-state index in [1.807, 2.05) is 60.1 Å². The molecule has 1 aliphatic rings. The summed E-state index contributed by atoms with van der Waals surface area (Å²) >= 11 is 0. The number of nitrogens with zero attached hydrogens (tertiary/aromatic N) is 5. The first kappa shape index (κ1) is 18.3. The van der Waals surface area contributed by atoms with Crippen molar-refractivity contribution in [2.75, 3.05) is 20.6 Å². The Balaban J connectivity index is 1.62. The van der Waals surface area contributed by atoms with E-state index in [0.29, 0.717) is 18.7 Å². The predicted molar refractivity (Wildman–Crippen MR) is 107 cm³/mol. The average Bonchev–Trinajstić information content (AvgIpc) is 3.23. The van der Waals surface area contributed by atoms with Gasteiger partial charge in [0.1, 0.15) is 5.82 Å². The van der Waals surface area contributed by atoms with Gasteiger partial charge in [-0.05, 0) is 13.0 Å². The van der Waals surface area contributed by atoms with Gasteiger partial charge in [0.25, 0.3) is 5.91 Å². The maximum absolute atomic E-state index is 13.3. The van der Waals surface area contributed by atoms with E-state index >= 15 is 0 Å². The second-order valence-corrected chi connectivity index (χ2v) is 7.59. The van der Waals surface area contributed by atoms with Gasteiger partial charge >= 0.3 is 0 Å².